The zero-order valence-corrected chi connectivity index (χ0v) is 36.6. The van der Waals surface area contributed by atoms with E-state index in [-0.39, 0.29) is 0 Å². The van der Waals surface area contributed by atoms with Crippen LogP contribution in [0.25, 0.3) is 121 Å². The molecule has 12 rings (SSSR count). The van der Waals surface area contributed by atoms with E-state index in [0.29, 0.717) is 0 Å². The van der Waals surface area contributed by atoms with Crippen LogP contribution < -0.4 is 0 Å². The normalized spacial score (nSPS) is 11.8. The second-order valence-electron chi connectivity index (χ2n) is 18.0. The van der Waals surface area contributed by atoms with Crippen LogP contribution in [0.5, 0.6) is 0 Å². The van der Waals surface area contributed by atoms with Crippen molar-refractivity contribution < 1.29 is 0 Å². The van der Waals surface area contributed by atoms with E-state index in [0.717, 1.165) is 0 Å². The van der Waals surface area contributed by atoms with E-state index in [1.165, 1.54) is 143 Å². The van der Waals surface area contributed by atoms with E-state index in [1.807, 2.05) is 0 Å². The Morgan fingerprint density at radius 3 is 0.859 bits per heavy atom. The van der Waals surface area contributed by atoms with Crippen molar-refractivity contribution in [3.63, 3.8) is 0 Å². The number of aryl methyl sites for hydroxylation is 4. The first-order chi connectivity index (χ1) is 31.3. The summed E-state index contributed by atoms with van der Waals surface area (Å²) in [6, 6.07) is 77.7. The minimum atomic E-state index is 1.21. The highest BCUT2D eigenvalue weighted by molar-refractivity contribution is 6.32. The smallest absolute Gasteiger partial charge is 0.00139 e. The van der Waals surface area contributed by atoms with Gasteiger partial charge in [-0.2, -0.15) is 0 Å². The molecule has 0 nitrogen and oxygen atoms in total. The molecule has 0 aliphatic carbocycles. The van der Waals surface area contributed by atoms with Crippen molar-refractivity contribution in [2.24, 2.45) is 0 Å². The lowest BCUT2D eigenvalue weighted by atomic mass is 9.81. The highest BCUT2D eigenvalue weighted by Crippen LogP contribution is 2.49. The Balaban J connectivity index is 1.13. The zero-order valence-electron chi connectivity index (χ0n) is 36.6. The van der Waals surface area contributed by atoms with Crippen molar-refractivity contribution >= 4 is 53.9 Å². The first kappa shape index (κ1) is 37.9. The van der Waals surface area contributed by atoms with Crippen LogP contribution >= 0.6 is 0 Å². The van der Waals surface area contributed by atoms with E-state index in [4.69, 9.17) is 0 Å². The molecule has 0 heteroatoms. The first-order valence-electron chi connectivity index (χ1n) is 22.5. The van der Waals surface area contributed by atoms with Gasteiger partial charge in [0.05, 0.1) is 0 Å². The van der Waals surface area contributed by atoms with Crippen molar-refractivity contribution in [3.05, 3.63) is 229 Å². The molecular formula is C64H46. The minimum absolute atomic E-state index is 1.21. The maximum absolute atomic E-state index is 2.46. The fraction of sp³-hybridized carbons (Fsp3) is 0.0625. The summed E-state index contributed by atoms with van der Waals surface area (Å²) in [4.78, 5) is 0. The summed E-state index contributed by atoms with van der Waals surface area (Å²) in [7, 11) is 0. The lowest BCUT2D eigenvalue weighted by Gasteiger charge is -2.22. The summed E-state index contributed by atoms with van der Waals surface area (Å²) < 4.78 is 0. The van der Waals surface area contributed by atoms with E-state index in [9.17, 15) is 0 Å². The maximum Gasteiger partial charge on any atom is -0.00139 e. The van der Waals surface area contributed by atoms with Gasteiger partial charge in [-0.25, -0.2) is 0 Å². The van der Waals surface area contributed by atoms with Crippen LogP contribution in [0.2, 0.25) is 0 Å². The van der Waals surface area contributed by atoms with Gasteiger partial charge >= 0.3 is 0 Å². The van der Waals surface area contributed by atoms with Crippen LogP contribution in [0, 0.1) is 27.7 Å². The molecule has 0 atom stereocenters. The van der Waals surface area contributed by atoms with E-state index in [2.05, 4.69) is 234 Å². The van der Waals surface area contributed by atoms with Gasteiger partial charge < -0.3 is 0 Å². The van der Waals surface area contributed by atoms with Gasteiger partial charge in [-0.05, 0) is 160 Å². The fourth-order valence-corrected chi connectivity index (χ4v) is 10.8. The lowest BCUT2D eigenvalue weighted by molar-refractivity contribution is 1.39. The summed E-state index contributed by atoms with van der Waals surface area (Å²) in [5.74, 6) is 0. The summed E-state index contributed by atoms with van der Waals surface area (Å²) in [6.45, 7) is 8.86. The molecule has 0 bridgehead atoms. The third kappa shape index (κ3) is 6.29. The van der Waals surface area contributed by atoms with Crippen LogP contribution in [0.15, 0.2) is 206 Å². The van der Waals surface area contributed by atoms with Gasteiger partial charge in [0.1, 0.15) is 0 Å². The predicted octanol–water partition coefficient (Wildman–Crippen LogP) is 18.1. The third-order valence-corrected chi connectivity index (χ3v) is 13.6. The van der Waals surface area contributed by atoms with Crippen LogP contribution in [-0.2, 0) is 0 Å². The van der Waals surface area contributed by atoms with Crippen molar-refractivity contribution in [3.8, 4) is 66.8 Å². The number of fused-ring (bicyclic) bond motifs is 2. The summed E-state index contributed by atoms with van der Waals surface area (Å²) in [5.41, 5.74) is 20.0. The summed E-state index contributed by atoms with van der Waals surface area (Å²) in [6.07, 6.45) is 0. The molecule has 0 unspecified atom stereocenters. The van der Waals surface area contributed by atoms with Crippen LogP contribution in [0.3, 0.4) is 0 Å². The Labute approximate surface area is 375 Å². The Kier molecular flexibility index (Phi) is 8.85. The standard InChI is InChI=1S/C64H46/c1-39-31-40(2)34-49(33-39)61-37-59(47-23-19-45(20-24-47)53-17-9-13-43-11-5-7-15-51(43)53)55-28-30-58-62(50-35-41(3)32-42(4)36-50)38-60(56-27-29-57(61)63(55)64(56)58)48-25-21-46(22-26-48)54-18-10-14-44-12-6-8-16-52(44)54/h5-38H,1-4H3. The average Bonchev–Trinajstić information content (AvgIpc) is 3.32. The maximum atomic E-state index is 2.46. The molecule has 0 amide bonds. The van der Waals surface area contributed by atoms with Crippen molar-refractivity contribution in [2.75, 3.05) is 0 Å². The van der Waals surface area contributed by atoms with E-state index in [1.54, 1.807) is 0 Å². The largest absolute Gasteiger partial charge is 0.0616 e. The van der Waals surface area contributed by atoms with Gasteiger partial charge in [0.25, 0.3) is 0 Å². The van der Waals surface area contributed by atoms with Crippen molar-refractivity contribution in [2.45, 2.75) is 27.7 Å². The van der Waals surface area contributed by atoms with Crippen LogP contribution in [0.1, 0.15) is 22.3 Å². The summed E-state index contributed by atoms with van der Waals surface area (Å²) in [5, 5.41) is 12.8. The molecule has 0 spiro atoms. The SMILES string of the molecule is Cc1cc(C)cc(-c2cc(-c3ccc(-c4cccc5ccccc45)cc3)c3ccc4c(-c5cc(C)cc(C)c5)cc(-c5ccc(-c6cccc7ccccc67)cc5)c5ccc2c3c54)c1. The predicted molar refractivity (Wildman–Crippen MR) is 277 cm³/mol. The Morgan fingerprint density at radius 2 is 0.500 bits per heavy atom. The second kappa shape index (κ2) is 14.9. The van der Waals surface area contributed by atoms with Gasteiger partial charge in [-0.1, -0.05) is 216 Å². The van der Waals surface area contributed by atoms with Crippen molar-refractivity contribution in [1.29, 1.82) is 0 Å². The number of hydrogen-bond donors (Lipinski definition) is 0. The van der Waals surface area contributed by atoms with Crippen molar-refractivity contribution in [1.82, 2.24) is 0 Å². The lowest BCUT2D eigenvalue weighted by Crippen LogP contribution is -1.95. The molecule has 12 aromatic carbocycles. The Morgan fingerprint density at radius 1 is 0.203 bits per heavy atom. The number of hydrogen-bond acceptors (Lipinski definition) is 0. The van der Waals surface area contributed by atoms with E-state index < -0.39 is 0 Å². The molecule has 0 heterocycles. The Bertz CT molecular complexity index is 3490. The minimum Gasteiger partial charge on any atom is -0.0616 e. The third-order valence-electron chi connectivity index (χ3n) is 13.6. The molecule has 0 aliphatic rings. The highest BCUT2D eigenvalue weighted by atomic mass is 14.2. The molecule has 0 radical (unpaired) electrons. The number of benzene rings is 12. The average molecular weight is 815 g/mol. The van der Waals surface area contributed by atoms with Crippen LogP contribution in [0.4, 0.5) is 0 Å². The molecule has 0 fully saturated rings. The molecule has 0 saturated heterocycles. The van der Waals surface area contributed by atoms with Gasteiger partial charge in [0, 0.05) is 0 Å². The molecule has 12 aromatic rings. The van der Waals surface area contributed by atoms with Gasteiger partial charge in [0.2, 0.25) is 0 Å². The molecule has 302 valence electrons. The highest BCUT2D eigenvalue weighted by Gasteiger charge is 2.22. The fourth-order valence-electron chi connectivity index (χ4n) is 10.8. The molecule has 0 N–H and O–H groups in total. The zero-order chi connectivity index (χ0) is 43.1. The number of rotatable bonds is 6. The monoisotopic (exact) mass is 814 g/mol. The Hall–Kier alpha value is -7.80. The topological polar surface area (TPSA) is 0 Å². The summed E-state index contributed by atoms with van der Waals surface area (Å²) >= 11 is 0. The van der Waals surface area contributed by atoms with Gasteiger partial charge in [0.15, 0.2) is 0 Å². The molecule has 0 saturated carbocycles. The van der Waals surface area contributed by atoms with Gasteiger partial charge in [-0.15, -0.1) is 0 Å². The van der Waals surface area contributed by atoms with Gasteiger partial charge in [-0.3, -0.25) is 0 Å². The molecular weight excluding hydrogens is 769 g/mol. The molecule has 0 aliphatic heterocycles. The molecule has 0 aromatic heterocycles. The quantitative estimate of drug-likeness (QED) is 0.147. The second-order valence-corrected chi connectivity index (χ2v) is 18.0. The van der Waals surface area contributed by atoms with E-state index >= 15 is 0 Å². The first-order valence-corrected chi connectivity index (χ1v) is 22.5. The molecule has 64 heavy (non-hydrogen) atoms. The van der Waals surface area contributed by atoms with Crippen LogP contribution in [-0.4, -0.2) is 0 Å².